The Morgan fingerprint density at radius 1 is 1.32 bits per heavy atom. The van der Waals surface area contributed by atoms with Crippen LogP contribution < -0.4 is 10.6 Å². The molecule has 3 heterocycles. The summed E-state index contributed by atoms with van der Waals surface area (Å²) in [5, 5.41) is 15.0. The average molecular weight is 383 g/mol. The Bertz CT molecular complexity index is 822. The zero-order valence-electron chi connectivity index (χ0n) is 15.7. The molecule has 3 N–H and O–H groups in total. The van der Waals surface area contributed by atoms with Crippen LogP contribution >= 0.6 is 0 Å². The highest BCUT2D eigenvalue weighted by Crippen LogP contribution is 2.35. The van der Waals surface area contributed by atoms with Gasteiger partial charge in [0.05, 0.1) is 6.07 Å². The second-order valence-electron chi connectivity index (χ2n) is 8.02. The predicted octanol–water partition coefficient (Wildman–Crippen LogP) is 0.716. The van der Waals surface area contributed by atoms with Gasteiger partial charge in [0.2, 0.25) is 11.8 Å². The Balaban J connectivity index is 1.46. The maximum Gasteiger partial charge on any atom is 0.271 e. The summed E-state index contributed by atoms with van der Waals surface area (Å²) in [5.41, 5.74) is 1.54. The van der Waals surface area contributed by atoms with E-state index >= 15 is 0 Å². The van der Waals surface area contributed by atoms with Crippen molar-refractivity contribution in [1.29, 1.82) is 5.26 Å². The summed E-state index contributed by atoms with van der Waals surface area (Å²) >= 11 is 0. The van der Waals surface area contributed by atoms with Crippen LogP contribution in [0.2, 0.25) is 0 Å². The molecular formula is C20H25N5O3. The van der Waals surface area contributed by atoms with Gasteiger partial charge in [0.1, 0.15) is 17.8 Å². The lowest BCUT2D eigenvalue weighted by molar-refractivity contribution is -0.127. The van der Waals surface area contributed by atoms with Gasteiger partial charge in [-0.15, -0.1) is 0 Å². The fourth-order valence-corrected chi connectivity index (χ4v) is 4.20. The second-order valence-corrected chi connectivity index (χ2v) is 8.02. The monoisotopic (exact) mass is 383 g/mol. The van der Waals surface area contributed by atoms with Crippen LogP contribution in [0.4, 0.5) is 0 Å². The summed E-state index contributed by atoms with van der Waals surface area (Å²) in [7, 11) is 0. The van der Waals surface area contributed by atoms with Gasteiger partial charge in [-0.2, -0.15) is 5.26 Å². The van der Waals surface area contributed by atoms with E-state index in [0.29, 0.717) is 50.4 Å². The molecule has 4 rings (SSSR count). The quantitative estimate of drug-likeness (QED) is 0.643. The lowest BCUT2D eigenvalue weighted by atomic mass is 9.97. The first kappa shape index (κ1) is 18.5. The molecule has 8 heteroatoms. The van der Waals surface area contributed by atoms with Gasteiger partial charge in [-0.05, 0) is 43.2 Å². The number of carbonyl (C=O) groups excluding carboxylic acids is 3. The van der Waals surface area contributed by atoms with Gasteiger partial charge in [-0.25, -0.2) is 0 Å². The van der Waals surface area contributed by atoms with Crippen LogP contribution in [0.5, 0.6) is 0 Å². The van der Waals surface area contributed by atoms with E-state index in [2.05, 4.69) is 21.7 Å². The summed E-state index contributed by atoms with van der Waals surface area (Å²) in [6, 6.07) is 2.70. The average Bonchev–Trinajstić information content (AvgIpc) is 3.21. The fourth-order valence-electron chi connectivity index (χ4n) is 4.20. The number of rotatable bonds is 7. The van der Waals surface area contributed by atoms with Gasteiger partial charge in [-0.1, -0.05) is 12.8 Å². The third-order valence-corrected chi connectivity index (χ3v) is 6.02. The van der Waals surface area contributed by atoms with Crippen LogP contribution in [-0.4, -0.2) is 52.8 Å². The molecule has 1 aromatic heterocycles. The number of nitrogens with one attached hydrogen (secondary N) is 3. The molecule has 0 radical (unpaired) electrons. The molecule has 148 valence electrons. The summed E-state index contributed by atoms with van der Waals surface area (Å²) in [5.74, 6) is -0.301. The summed E-state index contributed by atoms with van der Waals surface area (Å²) in [6.07, 6.45) is 6.21. The predicted molar refractivity (Wildman–Crippen MR) is 99.9 cm³/mol. The highest BCUT2D eigenvalue weighted by atomic mass is 16.2. The topological polar surface area (TPSA) is 118 Å². The molecule has 3 atom stereocenters. The Kier molecular flexibility index (Phi) is 5.07. The van der Waals surface area contributed by atoms with E-state index in [1.165, 1.54) is 0 Å². The van der Waals surface area contributed by atoms with Gasteiger partial charge >= 0.3 is 0 Å². The van der Waals surface area contributed by atoms with Crippen molar-refractivity contribution in [2.24, 2.45) is 11.8 Å². The molecule has 0 spiro atoms. The Morgan fingerprint density at radius 2 is 2.14 bits per heavy atom. The number of aromatic amines is 1. The van der Waals surface area contributed by atoms with Gasteiger partial charge in [0, 0.05) is 25.2 Å². The number of hydrogen-bond acceptors (Lipinski definition) is 4. The SMILES string of the molecule is N#C[C@H](C[C@@H]1CCNC1=O)NC(=O)[C@@H](CC1CC1)N1CCc2cc[nH]c2C1=O. The van der Waals surface area contributed by atoms with Crippen molar-refractivity contribution in [2.75, 3.05) is 13.1 Å². The van der Waals surface area contributed by atoms with E-state index in [0.717, 1.165) is 18.4 Å². The molecule has 3 amide bonds. The molecule has 0 aromatic carbocycles. The van der Waals surface area contributed by atoms with Crippen molar-refractivity contribution in [2.45, 2.75) is 50.6 Å². The van der Waals surface area contributed by atoms with Crippen molar-refractivity contribution in [1.82, 2.24) is 20.5 Å². The van der Waals surface area contributed by atoms with Crippen LogP contribution in [0.25, 0.3) is 0 Å². The molecule has 0 bridgehead atoms. The van der Waals surface area contributed by atoms with E-state index < -0.39 is 12.1 Å². The van der Waals surface area contributed by atoms with Crippen LogP contribution in [0.15, 0.2) is 12.3 Å². The molecule has 2 fully saturated rings. The number of amides is 3. The van der Waals surface area contributed by atoms with Gasteiger partial charge < -0.3 is 20.5 Å². The maximum atomic E-state index is 13.1. The summed E-state index contributed by atoms with van der Waals surface area (Å²) in [6.45, 7) is 1.11. The molecule has 1 aromatic rings. The highest BCUT2D eigenvalue weighted by Gasteiger charge is 2.39. The largest absolute Gasteiger partial charge is 0.357 e. The number of nitrogens with zero attached hydrogens (tertiary/aromatic N) is 2. The first-order valence-electron chi connectivity index (χ1n) is 10.0. The van der Waals surface area contributed by atoms with Gasteiger partial charge in [-0.3, -0.25) is 14.4 Å². The summed E-state index contributed by atoms with van der Waals surface area (Å²) in [4.78, 5) is 42.4. The van der Waals surface area contributed by atoms with Gasteiger partial charge in [0.15, 0.2) is 0 Å². The number of aromatic nitrogens is 1. The second kappa shape index (κ2) is 7.66. The zero-order chi connectivity index (χ0) is 19.7. The first-order valence-corrected chi connectivity index (χ1v) is 10.0. The maximum absolute atomic E-state index is 13.1. The van der Waals surface area contributed by atoms with Crippen molar-refractivity contribution in [3.05, 3.63) is 23.5 Å². The molecule has 1 saturated carbocycles. The molecular weight excluding hydrogens is 358 g/mol. The number of H-pyrrole nitrogens is 1. The zero-order valence-corrected chi connectivity index (χ0v) is 15.7. The minimum absolute atomic E-state index is 0.0606. The molecule has 3 aliphatic rings. The molecule has 1 saturated heterocycles. The molecule has 0 unspecified atom stereocenters. The minimum atomic E-state index is -0.732. The fraction of sp³-hybridized carbons (Fsp3) is 0.600. The van der Waals surface area contributed by atoms with Crippen LogP contribution in [0, 0.1) is 23.2 Å². The standard InChI is InChI=1S/C20H25N5O3/c21-11-15(10-14-4-7-23-18(14)26)24-19(27)16(9-12-1-2-12)25-8-5-13-3-6-22-17(13)20(25)28/h3,6,12,14-16,22H,1-2,4-5,7-10H2,(H,23,26)(H,24,27)/t14-,15-,16+/m0/s1. The minimum Gasteiger partial charge on any atom is -0.357 e. The number of carbonyl (C=O) groups is 3. The number of nitriles is 1. The Labute approximate surface area is 163 Å². The number of fused-ring (bicyclic) bond motifs is 1. The lowest BCUT2D eigenvalue weighted by Crippen LogP contribution is -2.54. The third-order valence-electron chi connectivity index (χ3n) is 6.02. The van der Waals surface area contributed by atoms with Crippen LogP contribution in [0.3, 0.4) is 0 Å². The molecule has 1 aliphatic carbocycles. The normalized spacial score (nSPS) is 23.5. The number of hydrogen-bond donors (Lipinski definition) is 3. The van der Waals surface area contributed by atoms with E-state index in [-0.39, 0.29) is 23.6 Å². The smallest absolute Gasteiger partial charge is 0.271 e. The van der Waals surface area contributed by atoms with Crippen molar-refractivity contribution < 1.29 is 14.4 Å². The van der Waals surface area contributed by atoms with E-state index in [4.69, 9.17) is 0 Å². The van der Waals surface area contributed by atoms with Crippen molar-refractivity contribution >= 4 is 17.7 Å². The Morgan fingerprint density at radius 3 is 2.82 bits per heavy atom. The Hall–Kier alpha value is -2.82. The van der Waals surface area contributed by atoms with Crippen molar-refractivity contribution in [3.63, 3.8) is 0 Å². The first-order chi connectivity index (χ1) is 13.6. The molecule has 8 nitrogen and oxygen atoms in total. The summed E-state index contributed by atoms with van der Waals surface area (Å²) < 4.78 is 0. The lowest BCUT2D eigenvalue weighted by Gasteiger charge is -2.34. The molecule has 2 aliphatic heterocycles. The van der Waals surface area contributed by atoms with Gasteiger partial charge in [0.25, 0.3) is 5.91 Å². The van der Waals surface area contributed by atoms with E-state index in [1.807, 2.05) is 6.07 Å². The van der Waals surface area contributed by atoms with E-state index in [1.54, 1.807) is 11.1 Å². The third kappa shape index (κ3) is 3.75. The van der Waals surface area contributed by atoms with Crippen LogP contribution in [-0.2, 0) is 16.0 Å². The van der Waals surface area contributed by atoms with E-state index in [9.17, 15) is 19.6 Å². The van der Waals surface area contributed by atoms with Crippen LogP contribution in [0.1, 0.15) is 48.2 Å². The molecule has 28 heavy (non-hydrogen) atoms. The van der Waals surface area contributed by atoms with Crippen molar-refractivity contribution in [3.8, 4) is 6.07 Å². The highest BCUT2D eigenvalue weighted by molar-refractivity contribution is 5.98.